The van der Waals surface area contributed by atoms with E-state index in [-0.39, 0.29) is 18.6 Å². The summed E-state index contributed by atoms with van der Waals surface area (Å²) in [5, 5.41) is 0.615. The lowest BCUT2D eigenvalue weighted by Crippen LogP contribution is -2.31. The highest BCUT2D eigenvalue weighted by atomic mass is 16.6. The van der Waals surface area contributed by atoms with Crippen LogP contribution in [0.4, 0.5) is 4.79 Å². The van der Waals surface area contributed by atoms with Crippen molar-refractivity contribution in [3.05, 3.63) is 105 Å². The number of carbonyl (C=O) groups is 1. The van der Waals surface area contributed by atoms with Crippen molar-refractivity contribution in [3.63, 3.8) is 0 Å². The molecule has 6 rings (SSSR count). The topological polar surface area (TPSA) is 84.5 Å². The Morgan fingerprint density at radius 3 is 2.88 bits per heavy atom. The summed E-state index contributed by atoms with van der Waals surface area (Å²) in [5.74, 6) is 0.871. The molecule has 7 heteroatoms. The van der Waals surface area contributed by atoms with Crippen LogP contribution in [0.1, 0.15) is 34.0 Å². The van der Waals surface area contributed by atoms with Crippen LogP contribution in [0.25, 0.3) is 10.9 Å². The van der Waals surface area contributed by atoms with E-state index in [0.29, 0.717) is 17.6 Å². The summed E-state index contributed by atoms with van der Waals surface area (Å²) in [6.45, 7) is 0.969. The van der Waals surface area contributed by atoms with Crippen LogP contribution in [0.5, 0.6) is 5.75 Å². The number of aromatic amines is 1. The van der Waals surface area contributed by atoms with Gasteiger partial charge in [-0.05, 0) is 53.1 Å². The number of nitrogens with zero attached hydrogens (tertiary/aromatic N) is 2. The van der Waals surface area contributed by atoms with Gasteiger partial charge in [-0.15, -0.1) is 0 Å². The Balaban J connectivity index is 1.42. The predicted molar refractivity (Wildman–Crippen MR) is 122 cm³/mol. The van der Waals surface area contributed by atoms with Gasteiger partial charge >= 0.3 is 6.09 Å². The zero-order valence-corrected chi connectivity index (χ0v) is 17.8. The molecule has 2 aliphatic rings. The maximum atomic E-state index is 13.3. The Labute approximate surface area is 189 Å². The van der Waals surface area contributed by atoms with E-state index in [1.165, 1.54) is 0 Å². The van der Waals surface area contributed by atoms with Gasteiger partial charge in [0.05, 0.1) is 18.8 Å². The van der Waals surface area contributed by atoms with Gasteiger partial charge in [0.15, 0.2) is 5.43 Å². The molecule has 1 N–H and O–H groups in total. The minimum absolute atomic E-state index is 0.0572. The predicted octanol–water partition coefficient (Wildman–Crippen LogP) is 4.10. The average molecular weight is 439 g/mol. The van der Waals surface area contributed by atoms with Crippen molar-refractivity contribution in [3.8, 4) is 5.75 Å². The Kier molecular flexibility index (Phi) is 4.61. The lowest BCUT2D eigenvalue weighted by molar-refractivity contribution is 0.0883. The van der Waals surface area contributed by atoms with Gasteiger partial charge in [0, 0.05) is 35.3 Å². The highest BCUT2D eigenvalue weighted by molar-refractivity contribution is 5.81. The summed E-state index contributed by atoms with van der Waals surface area (Å²) in [7, 11) is 0. The summed E-state index contributed by atoms with van der Waals surface area (Å²) in [4.78, 5) is 35.6. The molecule has 0 radical (unpaired) electrons. The summed E-state index contributed by atoms with van der Waals surface area (Å²) < 4.78 is 11.3. The van der Waals surface area contributed by atoms with Gasteiger partial charge in [0.2, 0.25) is 0 Å². The van der Waals surface area contributed by atoms with Crippen LogP contribution in [-0.2, 0) is 24.3 Å². The van der Waals surface area contributed by atoms with Gasteiger partial charge in [-0.2, -0.15) is 0 Å². The first-order valence-electron chi connectivity index (χ1n) is 10.9. The van der Waals surface area contributed by atoms with E-state index in [9.17, 15) is 9.59 Å². The summed E-state index contributed by atoms with van der Waals surface area (Å²) in [6.07, 6.45) is 3.67. The summed E-state index contributed by atoms with van der Waals surface area (Å²) in [5.41, 5.74) is 4.90. The second-order valence-electron chi connectivity index (χ2n) is 8.30. The molecule has 0 aliphatic carbocycles. The molecule has 2 aliphatic heterocycles. The Hall–Kier alpha value is -4.13. The largest absolute Gasteiger partial charge is 0.493 e. The van der Waals surface area contributed by atoms with Gasteiger partial charge in [0.1, 0.15) is 18.4 Å². The molecule has 0 spiro atoms. The van der Waals surface area contributed by atoms with E-state index in [4.69, 9.17) is 9.47 Å². The molecule has 1 unspecified atom stereocenters. The number of benzene rings is 2. The number of hydrogen-bond acceptors (Lipinski definition) is 5. The number of rotatable bonds is 3. The third kappa shape index (κ3) is 3.33. The van der Waals surface area contributed by atoms with Crippen molar-refractivity contribution in [2.45, 2.75) is 25.6 Å². The van der Waals surface area contributed by atoms with Crippen LogP contribution in [0, 0.1) is 0 Å². The van der Waals surface area contributed by atoms with Crippen LogP contribution < -0.4 is 10.2 Å². The van der Waals surface area contributed by atoms with Crippen LogP contribution in [0.15, 0.2) is 71.8 Å². The van der Waals surface area contributed by atoms with Gasteiger partial charge in [-0.1, -0.05) is 18.2 Å². The minimum atomic E-state index is -0.471. The molecule has 0 saturated carbocycles. The monoisotopic (exact) mass is 439 g/mol. The third-order valence-corrected chi connectivity index (χ3v) is 6.33. The molecule has 4 heterocycles. The highest BCUT2D eigenvalue weighted by Gasteiger charge is 2.39. The number of carbonyl (C=O) groups excluding carboxylic acids is 1. The van der Waals surface area contributed by atoms with Crippen molar-refractivity contribution >= 4 is 17.0 Å². The quantitative estimate of drug-likeness (QED) is 0.520. The molecule has 0 saturated heterocycles. The summed E-state index contributed by atoms with van der Waals surface area (Å²) in [6, 6.07) is 16.6. The molecule has 4 aromatic rings. The first-order valence-corrected chi connectivity index (χ1v) is 10.9. The van der Waals surface area contributed by atoms with Crippen molar-refractivity contribution in [2.75, 3.05) is 6.61 Å². The van der Waals surface area contributed by atoms with Crippen LogP contribution in [-0.4, -0.2) is 27.6 Å². The Bertz CT molecular complexity index is 1430. The molecule has 0 bridgehead atoms. The van der Waals surface area contributed by atoms with E-state index in [2.05, 4.69) is 16.0 Å². The number of nitrogens with one attached hydrogen (secondary N) is 1. The lowest BCUT2D eigenvalue weighted by atomic mass is 9.98. The van der Waals surface area contributed by atoms with Gasteiger partial charge < -0.3 is 14.5 Å². The minimum Gasteiger partial charge on any atom is -0.493 e. The first-order chi connectivity index (χ1) is 16.2. The maximum absolute atomic E-state index is 13.3. The normalized spacial score (nSPS) is 16.4. The van der Waals surface area contributed by atoms with Crippen molar-refractivity contribution in [1.82, 2.24) is 14.9 Å². The number of pyridine rings is 2. The molecule has 1 atom stereocenters. The molecule has 0 fully saturated rings. The third-order valence-electron chi connectivity index (χ3n) is 6.33. The van der Waals surface area contributed by atoms with Gasteiger partial charge in [-0.25, -0.2) is 4.79 Å². The average Bonchev–Trinajstić information content (AvgIpc) is 3.48. The van der Waals surface area contributed by atoms with E-state index in [1.54, 1.807) is 35.5 Å². The van der Waals surface area contributed by atoms with Crippen molar-refractivity contribution in [1.29, 1.82) is 0 Å². The molecular formula is C26H21N3O4. The molecule has 2 aromatic carbocycles. The zero-order chi connectivity index (χ0) is 22.4. The molecular weight excluding hydrogens is 418 g/mol. The van der Waals surface area contributed by atoms with E-state index < -0.39 is 12.1 Å². The zero-order valence-electron chi connectivity index (χ0n) is 17.8. The standard InChI is InChI=1S/C26H21N3O4/c30-25-19-3-1-2-4-21(19)28-23-20(25)14-29(26(31)33-15-16-7-10-27-11-8-16)24(23)18-5-6-22-17(13-18)9-12-32-22/h1-8,10-11,13,24H,9,12,14-15H2,(H,28,30). The summed E-state index contributed by atoms with van der Waals surface area (Å²) >= 11 is 0. The smallest absolute Gasteiger partial charge is 0.411 e. The highest BCUT2D eigenvalue weighted by Crippen LogP contribution is 2.39. The second-order valence-corrected chi connectivity index (χ2v) is 8.30. The number of para-hydroxylation sites is 1. The number of H-pyrrole nitrogens is 1. The molecule has 33 heavy (non-hydrogen) atoms. The van der Waals surface area contributed by atoms with Crippen LogP contribution in [0.3, 0.4) is 0 Å². The fourth-order valence-electron chi connectivity index (χ4n) is 4.70. The Morgan fingerprint density at radius 2 is 2.00 bits per heavy atom. The van der Waals surface area contributed by atoms with Gasteiger partial charge in [0.25, 0.3) is 0 Å². The van der Waals surface area contributed by atoms with Crippen molar-refractivity contribution in [2.24, 2.45) is 0 Å². The number of aromatic nitrogens is 2. The molecule has 2 aromatic heterocycles. The Morgan fingerprint density at radius 1 is 1.15 bits per heavy atom. The molecule has 164 valence electrons. The van der Waals surface area contributed by atoms with Crippen LogP contribution in [0.2, 0.25) is 0 Å². The first kappa shape index (κ1) is 19.5. The molecule has 1 amide bonds. The van der Waals surface area contributed by atoms with E-state index in [1.807, 2.05) is 30.3 Å². The number of hydrogen-bond donors (Lipinski definition) is 1. The number of ether oxygens (including phenoxy) is 2. The molecule has 7 nitrogen and oxygen atoms in total. The second kappa shape index (κ2) is 7.78. The number of fused-ring (bicyclic) bond motifs is 3. The number of amides is 1. The van der Waals surface area contributed by atoms with E-state index >= 15 is 0 Å². The fourth-order valence-corrected chi connectivity index (χ4v) is 4.70. The van der Waals surface area contributed by atoms with Crippen molar-refractivity contribution < 1.29 is 14.3 Å². The maximum Gasteiger partial charge on any atom is 0.411 e. The SMILES string of the molecule is O=C(OCc1ccncc1)N1Cc2c([nH]c3ccccc3c2=O)C1c1ccc2c(c1)CCO2. The van der Waals surface area contributed by atoms with Gasteiger partial charge in [-0.3, -0.25) is 14.7 Å². The van der Waals surface area contributed by atoms with E-state index in [0.717, 1.165) is 40.1 Å². The van der Waals surface area contributed by atoms with Crippen LogP contribution >= 0.6 is 0 Å². The fraction of sp³-hybridized carbons (Fsp3) is 0.192. The lowest BCUT2D eigenvalue weighted by Gasteiger charge is -2.25.